The number of hydrogen-bond donors (Lipinski definition) is 3. The molecule has 0 saturated heterocycles. The van der Waals surface area contributed by atoms with Gasteiger partial charge in [-0.3, -0.25) is 9.78 Å². The first-order valence-corrected chi connectivity index (χ1v) is 5.54. The highest BCUT2D eigenvalue weighted by molar-refractivity contribution is 7.71. The lowest BCUT2D eigenvalue weighted by atomic mass is 10.2. The predicted molar refractivity (Wildman–Crippen MR) is 69.8 cm³/mol. The van der Waals surface area contributed by atoms with Crippen LogP contribution in [0.5, 0.6) is 0 Å². The second kappa shape index (κ2) is 5.36. The maximum absolute atomic E-state index is 11.4. The van der Waals surface area contributed by atoms with Crippen LogP contribution in [0.1, 0.15) is 10.4 Å². The molecule has 0 aliphatic rings. The van der Waals surface area contributed by atoms with Crippen molar-refractivity contribution in [1.82, 2.24) is 9.97 Å². The smallest absolute Gasteiger partial charge is 0.335 e. The number of rotatable bonds is 3. The molecule has 2 rings (SSSR count). The molecule has 1 heterocycles. The topological polar surface area (TPSA) is 111 Å². The number of aromatic amines is 2. The molecular weight excluding hydrogens is 268 g/mol. The minimum absolute atomic E-state index is 0.0795. The third-order valence-electron chi connectivity index (χ3n) is 2.19. The van der Waals surface area contributed by atoms with Gasteiger partial charge in [0, 0.05) is 6.20 Å². The molecule has 0 aliphatic carbocycles. The number of nitrogens with one attached hydrogen (secondary N) is 2. The third kappa shape index (κ3) is 3.19. The van der Waals surface area contributed by atoms with Crippen LogP contribution < -0.4 is 5.56 Å². The lowest BCUT2D eigenvalue weighted by molar-refractivity contribution is 0.0697. The zero-order valence-corrected chi connectivity index (χ0v) is 10.3. The van der Waals surface area contributed by atoms with Gasteiger partial charge in [-0.2, -0.15) is 5.11 Å². The van der Waals surface area contributed by atoms with Gasteiger partial charge in [0.25, 0.3) is 5.56 Å². The molecular formula is C11H8N4O3S. The minimum atomic E-state index is -1.02. The summed E-state index contributed by atoms with van der Waals surface area (Å²) in [5.41, 5.74) is 0.220. The number of carboxylic acids is 1. The van der Waals surface area contributed by atoms with Gasteiger partial charge in [-0.25, -0.2) is 4.79 Å². The van der Waals surface area contributed by atoms with E-state index in [1.54, 1.807) is 0 Å². The average Bonchev–Trinajstić information content (AvgIpc) is 2.38. The number of azo groups is 1. The fraction of sp³-hybridized carbons (Fsp3) is 0. The Kier molecular flexibility index (Phi) is 3.62. The normalized spacial score (nSPS) is 10.7. The third-order valence-corrected chi connectivity index (χ3v) is 2.41. The van der Waals surface area contributed by atoms with Gasteiger partial charge in [-0.15, -0.1) is 5.11 Å². The Morgan fingerprint density at radius 3 is 2.47 bits per heavy atom. The van der Waals surface area contributed by atoms with Crippen molar-refractivity contribution >= 4 is 29.6 Å². The van der Waals surface area contributed by atoms with E-state index in [-0.39, 0.29) is 16.0 Å². The molecule has 1 aromatic heterocycles. The summed E-state index contributed by atoms with van der Waals surface area (Å²) in [6, 6.07) is 5.79. The molecule has 8 heteroatoms. The molecule has 0 saturated carbocycles. The minimum Gasteiger partial charge on any atom is -0.478 e. The van der Waals surface area contributed by atoms with Crippen molar-refractivity contribution in [3.63, 3.8) is 0 Å². The van der Waals surface area contributed by atoms with Gasteiger partial charge in [0.15, 0.2) is 10.5 Å². The van der Waals surface area contributed by atoms with Gasteiger partial charge in [-0.1, -0.05) is 0 Å². The molecule has 0 bridgehead atoms. The second-order valence-corrected chi connectivity index (χ2v) is 3.92. The molecule has 0 spiro atoms. The van der Waals surface area contributed by atoms with E-state index in [1.165, 1.54) is 30.5 Å². The first-order chi connectivity index (χ1) is 9.06. The molecule has 0 aliphatic heterocycles. The van der Waals surface area contributed by atoms with Gasteiger partial charge in [0.05, 0.1) is 11.3 Å². The highest BCUT2D eigenvalue weighted by Crippen LogP contribution is 2.15. The van der Waals surface area contributed by atoms with Gasteiger partial charge in [0.2, 0.25) is 0 Å². The summed E-state index contributed by atoms with van der Waals surface area (Å²) >= 11 is 4.74. The Morgan fingerprint density at radius 1 is 1.21 bits per heavy atom. The highest BCUT2D eigenvalue weighted by atomic mass is 32.1. The first kappa shape index (κ1) is 12.8. The second-order valence-electron chi connectivity index (χ2n) is 3.51. The molecule has 0 atom stereocenters. The largest absolute Gasteiger partial charge is 0.478 e. The molecule has 1 aromatic carbocycles. The van der Waals surface area contributed by atoms with Crippen LogP contribution in [0.15, 0.2) is 45.5 Å². The molecule has 96 valence electrons. The summed E-state index contributed by atoms with van der Waals surface area (Å²) in [6.07, 6.45) is 1.34. The summed E-state index contributed by atoms with van der Waals surface area (Å²) in [5.74, 6) is -1.02. The van der Waals surface area contributed by atoms with Crippen LogP contribution >= 0.6 is 12.2 Å². The lowest BCUT2D eigenvalue weighted by Crippen LogP contribution is -2.05. The Hall–Kier alpha value is -2.61. The van der Waals surface area contributed by atoms with E-state index in [9.17, 15) is 9.59 Å². The average molecular weight is 276 g/mol. The summed E-state index contributed by atoms with van der Waals surface area (Å²) < 4.78 is 0.203. The lowest BCUT2D eigenvalue weighted by Gasteiger charge is -1.95. The monoisotopic (exact) mass is 276 g/mol. The van der Waals surface area contributed by atoms with E-state index in [0.717, 1.165) is 0 Å². The number of carbonyl (C=O) groups is 1. The first-order valence-electron chi connectivity index (χ1n) is 5.13. The maximum Gasteiger partial charge on any atom is 0.335 e. The standard InChI is InChI=1S/C11H8N4O3S/c16-9-8(5-12-11(19)13-9)15-14-7-3-1-6(2-4-7)10(17)18/h1-5H,(H,17,18)(H2,12,13,16,19). The number of benzene rings is 1. The van der Waals surface area contributed by atoms with Crippen molar-refractivity contribution < 1.29 is 9.90 Å². The molecule has 7 nitrogen and oxygen atoms in total. The van der Waals surface area contributed by atoms with Crippen LogP contribution in [0.2, 0.25) is 0 Å². The summed E-state index contributed by atoms with van der Waals surface area (Å²) in [6.45, 7) is 0. The number of hydrogen-bond acceptors (Lipinski definition) is 5. The molecule has 0 unspecified atom stereocenters. The molecule has 0 radical (unpaired) electrons. The quantitative estimate of drug-likeness (QED) is 0.590. The van der Waals surface area contributed by atoms with Crippen molar-refractivity contribution in [2.75, 3.05) is 0 Å². The molecule has 0 fully saturated rings. The van der Waals surface area contributed by atoms with Crippen LogP contribution in [0.25, 0.3) is 0 Å². The molecule has 0 amide bonds. The summed E-state index contributed by atoms with van der Waals surface area (Å²) in [5, 5.41) is 16.3. The number of carboxylic acid groups (broad SMARTS) is 1. The van der Waals surface area contributed by atoms with Crippen molar-refractivity contribution in [1.29, 1.82) is 0 Å². The fourth-order valence-corrected chi connectivity index (χ4v) is 1.41. The van der Waals surface area contributed by atoms with Crippen LogP contribution in [-0.2, 0) is 0 Å². The van der Waals surface area contributed by atoms with E-state index in [1.807, 2.05) is 0 Å². The number of H-pyrrole nitrogens is 2. The van der Waals surface area contributed by atoms with E-state index in [0.29, 0.717) is 5.69 Å². The van der Waals surface area contributed by atoms with E-state index in [4.69, 9.17) is 17.3 Å². The van der Waals surface area contributed by atoms with Gasteiger partial charge in [-0.05, 0) is 36.5 Å². The Morgan fingerprint density at radius 2 is 1.89 bits per heavy atom. The van der Waals surface area contributed by atoms with Crippen molar-refractivity contribution in [2.45, 2.75) is 0 Å². The summed E-state index contributed by atoms with van der Waals surface area (Å²) in [7, 11) is 0. The highest BCUT2D eigenvalue weighted by Gasteiger charge is 2.01. The van der Waals surface area contributed by atoms with Crippen molar-refractivity contribution in [3.05, 3.63) is 51.2 Å². The van der Waals surface area contributed by atoms with Crippen molar-refractivity contribution in [2.24, 2.45) is 10.2 Å². The van der Waals surface area contributed by atoms with Crippen LogP contribution in [0.4, 0.5) is 11.4 Å². The van der Waals surface area contributed by atoms with Gasteiger partial charge in [0.1, 0.15) is 0 Å². The zero-order valence-electron chi connectivity index (χ0n) is 9.45. The van der Waals surface area contributed by atoms with Crippen LogP contribution in [0.3, 0.4) is 0 Å². The zero-order chi connectivity index (χ0) is 13.8. The molecule has 19 heavy (non-hydrogen) atoms. The Bertz CT molecular complexity index is 746. The maximum atomic E-state index is 11.4. The molecule has 2 aromatic rings. The predicted octanol–water partition coefficient (Wildman–Crippen LogP) is 2.55. The van der Waals surface area contributed by atoms with Crippen LogP contribution in [0, 0.1) is 4.77 Å². The van der Waals surface area contributed by atoms with Gasteiger partial charge < -0.3 is 10.1 Å². The Balaban J connectivity index is 2.25. The number of aromatic carboxylic acids is 1. The van der Waals surface area contributed by atoms with Gasteiger partial charge >= 0.3 is 5.97 Å². The van der Waals surface area contributed by atoms with E-state index in [2.05, 4.69) is 20.2 Å². The molecule has 3 N–H and O–H groups in total. The number of aromatic nitrogens is 2. The van der Waals surface area contributed by atoms with Crippen molar-refractivity contribution in [3.8, 4) is 0 Å². The van der Waals surface area contributed by atoms with E-state index < -0.39 is 11.5 Å². The van der Waals surface area contributed by atoms with E-state index >= 15 is 0 Å². The number of nitrogens with zero attached hydrogens (tertiary/aromatic N) is 2. The van der Waals surface area contributed by atoms with Crippen LogP contribution in [-0.4, -0.2) is 21.0 Å². The Labute approximate surface area is 111 Å². The fourth-order valence-electron chi connectivity index (χ4n) is 1.26. The SMILES string of the molecule is O=C(O)c1ccc(N=Nc2c[nH]c(=S)[nH]c2=O)cc1. The summed E-state index contributed by atoms with van der Waals surface area (Å²) in [4.78, 5) is 27.1.